The molecule has 33 heavy (non-hydrogen) atoms. The van der Waals surface area contributed by atoms with Crippen LogP contribution in [0, 0.1) is 25.7 Å². The first-order valence-corrected chi connectivity index (χ1v) is 13.7. The van der Waals surface area contributed by atoms with Crippen molar-refractivity contribution in [2.75, 3.05) is 0 Å². The fourth-order valence-electron chi connectivity index (χ4n) is 4.24. The first-order chi connectivity index (χ1) is 15.8. The van der Waals surface area contributed by atoms with E-state index in [2.05, 4.69) is 37.1 Å². The van der Waals surface area contributed by atoms with Gasteiger partial charge >= 0.3 is 0 Å². The summed E-state index contributed by atoms with van der Waals surface area (Å²) in [7, 11) is -4.08. The van der Waals surface area contributed by atoms with Crippen molar-refractivity contribution in [3.05, 3.63) is 105 Å². The first-order valence-electron chi connectivity index (χ1n) is 10.5. The van der Waals surface area contributed by atoms with E-state index in [4.69, 9.17) is 0 Å². The Kier molecular flexibility index (Phi) is 6.73. The summed E-state index contributed by atoms with van der Waals surface area (Å²) >= 11 is 8.73. The van der Waals surface area contributed by atoms with Crippen molar-refractivity contribution < 1.29 is 14.2 Å². The number of aryl methyl sites for hydroxylation is 2. The third kappa shape index (κ3) is 4.36. The Bertz CT molecular complexity index is 1320. The fourth-order valence-corrected chi connectivity index (χ4v) is 7.12. The van der Waals surface area contributed by atoms with Crippen molar-refractivity contribution >= 4 is 43.4 Å². The van der Waals surface area contributed by atoms with Gasteiger partial charge in [-0.25, -0.2) is 0 Å². The molecule has 1 aliphatic rings. The SMILES string of the molecule is Cc1cc(CS)cc2c1C(=O)P(=O)(Cc1ccccc1)C(=O)c1c(C)cc(CS)cc1C#C2. The van der Waals surface area contributed by atoms with Crippen LogP contribution >= 0.6 is 32.4 Å². The van der Waals surface area contributed by atoms with Crippen LogP contribution in [0.2, 0.25) is 0 Å². The van der Waals surface area contributed by atoms with Gasteiger partial charge in [0.2, 0.25) is 18.2 Å². The van der Waals surface area contributed by atoms with Gasteiger partial charge < -0.3 is 4.57 Å². The third-order valence-corrected chi connectivity index (χ3v) is 9.12. The van der Waals surface area contributed by atoms with Gasteiger partial charge in [-0.15, -0.1) is 0 Å². The largest absolute Gasteiger partial charge is 0.306 e. The standard InChI is InChI=1S/C27H23O3PS2/c1-17-10-20(15-32)12-22-8-9-23-13-21(16-33)11-18(2)25(23)27(29)31(30,26(28)24(17)22)14-19-6-4-3-5-7-19/h3-7,10-13,32-33H,14-16H2,1-2H3. The smallest absolute Gasteiger partial charge is 0.230 e. The topological polar surface area (TPSA) is 51.2 Å². The molecule has 1 heterocycles. The molecule has 0 fully saturated rings. The Morgan fingerprint density at radius 1 is 0.727 bits per heavy atom. The molecule has 4 rings (SSSR count). The van der Waals surface area contributed by atoms with Crippen LogP contribution in [0.3, 0.4) is 0 Å². The van der Waals surface area contributed by atoms with E-state index < -0.39 is 18.2 Å². The summed E-state index contributed by atoms with van der Waals surface area (Å²) in [5, 5.41) is 0. The lowest BCUT2D eigenvalue weighted by molar-refractivity contribution is 0.103. The minimum atomic E-state index is -4.08. The van der Waals surface area contributed by atoms with Gasteiger partial charge in [0.05, 0.1) is 0 Å². The molecule has 166 valence electrons. The maximum absolute atomic E-state index is 14.5. The summed E-state index contributed by atoms with van der Waals surface area (Å²) in [6.07, 6.45) is -0.133. The summed E-state index contributed by atoms with van der Waals surface area (Å²) in [4.78, 5) is 27.9. The van der Waals surface area contributed by atoms with Crippen LogP contribution in [0.5, 0.6) is 0 Å². The minimum absolute atomic E-state index is 0.133. The molecule has 0 amide bonds. The summed E-state index contributed by atoms with van der Waals surface area (Å²) in [6.45, 7) is 3.58. The zero-order chi connectivity index (χ0) is 23.8. The number of fused-ring (bicyclic) bond motifs is 2. The second-order valence-corrected chi connectivity index (χ2v) is 11.5. The Hall–Kier alpha value is -2.51. The van der Waals surface area contributed by atoms with Crippen molar-refractivity contribution in [2.45, 2.75) is 31.5 Å². The monoisotopic (exact) mass is 490 g/mol. The summed E-state index contributed by atoms with van der Waals surface area (Å²) in [5.74, 6) is 7.16. The number of thiol groups is 2. The normalized spacial score (nSPS) is 14.3. The van der Waals surface area contributed by atoms with Gasteiger partial charge in [0.15, 0.2) is 0 Å². The molecule has 3 aromatic rings. The zero-order valence-electron chi connectivity index (χ0n) is 18.4. The molecule has 1 aliphatic heterocycles. The van der Waals surface area contributed by atoms with Crippen LogP contribution in [0.25, 0.3) is 0 Å². The molecule has 0 unspecified atom stereocenters. The average Bonchev–Trinajstić information content (AvgIpc) is 2.84. The highest BCUT2D eigenvalue weighted by Crippen LogP contribution is 2.56. The van der Waals surface area contributed by atoms with Crippen molar-refractivity contribution in [3.63, 3.8) is 0 Å². The Labute approximate surface area is 205 Å². The average molecular weight is 491 g/mol. The van der Waals surface area contributed by atoms with Crippen LogP contribution in [0.4, 0.5) is 0 Å². The van der Waals surface area contributed by atoms with Gasteiger partial charge in [0, 0.05) is 39.9 Å². The third-order valence-electron chi connectivity index (χ3n) is 5.82. The van der Waals surface area contributed by atoms with E-state index in [0.717, 1.165) is 11.1 Å². The number of carbonyl (C=O) groups is 2. The molecule has 0 saturated heterocycles. The van der Waals surface area contributed by atoms with Gasteiger partial charge in [-0.2, -0.15) is 25.3 Å². The molecule has 3 aromatic carbocycles. The van der Waals surface area contributed by atoms with E-state index in [1.165, 1.54) is 0 Å². The van der Waals surface area contributed by atoms with Crippen molar-refractivity contribution in [2.24, 2.45) is 0 Å². The van der Waals surface area contributed by atoms with Crippen LogP contribution < -0.4 is 0 Å². The Morgan fingerprint density at radius 3 is 1.61 bits per heavy atom. The lowest BCUT2D eigenvalue weighted by Gasteiger charge is -2.20. The van der Waals surface area contributed by atoms with Gasteiger partial charge in [0.1, 0.15) is 0 Å². The van der Waals surface area contributed by atoms with Crippen molar-refractivity contribution in [3.8, 4) is 11.8 Å². The molecule has 0 aromatic heterocycles. The molecule has 0 N–H and O–H groups in total. The maximum atomic E-state index is 14.5. The maximum Gasteiger partial charge on any atom is 0.230 e. The van der Waals surface area contributed by atoms with Crippen LogP contribution in [-0.4, -0.2) is 11.0 Å². The van der Waals surface area contributed by atoms with Gasteiger partial charge in [-0.05, 0) is 53.8 Å². The zero-order valence-corrected chi connectivity index (χ0v) is 21.1. The molecular weight excluding hydrogens is 467 g/mol. The fraction of sp³-hybridized carbons (Fsp3) is 0.185. The molecule has 3 nitrogen and oxygen atoms in total. The van der Waals surface area contributed by atoms with Gasteiger partial charge in [0.25, 0.3) is 0 Å². The first kappa shape index (κ1) is 23.6. The van der Waals surface area contributed by atoms with E-state index in [0.29, 0.717) is 39.3 Å². The highest BCUT2D eigenvalue weighted by molar-refractivity contribution is 7.94. The Morgan fingerprint density at radius 2 is 1.18 bits per heavy atom. The highest BCUT2D eigenvalue weighted by Gasteiger charge is 2.44. The summed E-state index contributed by atoms with van der Waals surface area (Å²) in [5.41, 5.74) is 4.01. The predicted molar refractivity (Wildman–Crippen MR) is 140 cm³/mol. The van der Waals surface area contributed by atoms with Crippen LogP contribution in [-0.2, 0) is 22.2 Å². The molecule has 0 spiro atoms. The number of hydrogen-bond donors (Lipinski definition) is 2. The lowest BCUT2D eigenvalue weighted by Crippen LogP contribution is -2.16. The predicted octanol–water partition coefficient (Wildman–Crippen LogP) is 6.42. The summed E-state index contributed by atoms with van der Waals surface area (Å²) in [6, 6.07) is 16.3. The van der Waals surface area contributed by atoms with Gasteiger partial charge in [-0.3, -0.25) is 9.59 Å². The van der Waals surface area contributed by atoms with Crippen LogP contribution in [0.15, 0.2) is 54.6 Å². The number of rotatable bonds is 4. The molecule has 0 saturated carbocycles. The number of benzene rings is 3. The van der Waals surface area contributed by atoms with Crippen LogP contribution in [0.1, 0.15) is 59.7 Å². The number of hydrogen-bond acceptors (Lipinski definition) is 5. The van der Waals surface area contributed by atoms with E-state index in [1.807, 2.05) is 30.3 Å². The molecule has 0 radical (unpaired) electrons. The van der Waals surface area contributed by atoms with E-state index in [-0.39, 0.29) is 17.3 Å². The second kappa shape index (κ2) is 9.39. The quantitative estimate of drug-likeness (QED) is 0.252. The van der Waals surface area contributed by atoms with E-state index in [1.54, 1.807) is 38.1 Å². The van der Waals surface area contributed by atoms with Crippen molar-refractivity contribution in [1.82, 2.24) is 0 Å². The van der Waals surface area contributed by atoms with E-state index in [9.17, 15) is 14.2 Å². The number of carbonyl (C=O) groups excluding carboxylic acids is 2. The minimum Gasteiger partial charge on any atom is -0.306 e. The van der Waals surface area contributed by atoms with Gasteiger partial charge in [-0.1, -0.05) is 54.3 Å². The molecule has 6 heteroatoms. The molecular formula is C27H23O3PS2. The van der Waals surface area contributed by atoms with E-state index >= 15 is 0 Å². The molecule has 0 atom stereocenters. The molecule has 0 aliphatic carbocycles. The highest BCUT2D eigenvalue weighted by atomic mass is 32.1. The molecule has 0 bridgehead atoms. The lowest BCUT2D eigenvalue weighted by atomic mass is 9.97. The second-order valence-electron chi connectivity index (χ2n) is 8.23. The summed E-state index contributed by atoms with van der Waals surface area (Å²) < 4.78 is 14.5. The van der Waals surface area contributed by atoms with Crippen molar-refractivity contribution in [1.29, 1.82) is 0 Å². The Balaban J connectivity index is 2.07.